The van der Waals surface area contributed by atoms with Gasteiger partial charge in [0.1, 0.15) is 12.4 Å². The van der Waals surface area contributed by atoms with Gasteiger partial charge in [-0.1, -0.05) is 59.7 Å². The topological polar surface area (TPSA) is 38.3 Å². The molecular weight excluding hydrogens is 346 g/mol. The van der Waals surface area contributed by atoms with Crippen molar-refractivity contribution in [3.63, 3.8) is 0 Å². The average Bonchev–Trinajstić information content (AvgIpc) is 2.81. The summed E-state index contributed by atoms with van der Waals surface area (Å²) in [5.74, 6) is 0.341. The Balaban J connectivity index is 1.82. The molecule has 142 valence electrons. The van der Waals surface area contributed by atoms with Crippen LogP contribution in [0.2, 0.25) is 0 Å². The fraction of sp³-hybridized carbons (Fsp3) is 0.240. The molecule has 1 amide bonds. The highest BCUT2D eigenvalue weighted by molar-refractivity contribution is 6.00. The first kappa shape index (κ1) is 18.3. The van der Waals surface area contributed by atoms with Crippen LogP contribution >= 0.6 is 0 Å². The van der Waals surface area contributed by atoms with Crippen molar-refractivity contribution >= 4 is 11.6 Å². The number of nitrogens with one attached hydrogen (secondary N) is 1. The number of carbonyl (C=O) groups excluding carboxylic acids is 1. The minimum atomic E-state index is -0.409. The van der Waals surface area contributed by atoms with Crippen LogP contribution in [0.15, 0.2) is 54.6 Å². The Morgan fingerprint density at radius 3 is 2.36 bits per heavy atom. The summed E-state index contributed by atoms with van der Waals surface area (Å²) in [4.78, 5) is 13.6. The quantitative estimate of drug-likeness (QED) is 0.638. The zero-order valence-corrected chi connectivity index (χ0v) is 16.8. The van der Waals surface area contributed by atoms with Gasteiger partial charge in [-0.15, -0.1) is 0 Å². The van der Waals surface area contributed by atoms with Gasteiger partial charge in [0, 0.05) is 11.3 Å². The monoisotopic (exact) mass is 371 g/mol. The molecule has 28 heavy (non-hydrogen) atoms. The molecule has 0 bridgehead atoms. The molecule has 0 saturated heterocycles. The lowest BCUT2D eigenvalue weighted by molar-refractivity contribution is -0.116. The molecule has 1 aliphatic rings. The number of aryl methyl sites for hydroxylation is 4. The van der Waals surface area contributed by atoms with Crippen molar-refractivity contribution in [3.8, 4) is 5.75 Å². The van der Waals surface area contributed by atoms with Crippen molar-refractivity contribution in [1.82, 2.24) is 0 Å². The number of hydrogen-bond donors (Lipinski definition) is 1. The SMILES string of the molecule is Cc1cc(C)c(NC(=O)C2c3ccccc3COc3ccc(C)cc32)c(C)c1. The van der Waals surface area contributed by atoms with Crippen LogP contribution < -0.4 is 10.1 Å². The lowest BCUT2D eigenvalue weighted by Gasteiger charge is -2.21. The highest BCUT2D eigenvalue weighted by Gasteiger charge is 2.31. The van der Waals surface area contributed by atoms with Gasteiger partial charge < -0.3 is 10.1 Å². The van der Waals surface area contributed by atoms with Crippen LogP contribution in [0.25, 0.3) is 0 Å². The molecule has 1 atom stereocenters. The minimum Gasteiger partial charge on any atom is -0.489 e. The molecule has 4 rings (SSSR count). The maximum atomic E-state index is 13.6. The summed E-state index contributed by atoms with van der Waals surface area (Å²) in [6, 6.07) is 18.3. The summed E-state index contributed by atoms with van der Waals surface area (Å²) < 4.78 is 6.04. The first-order valence-corrected chi connectivity index (χ1v) is 9.64. The molecule has 0 saturated carbocycles. The van der Waals surface area contributed by atoms with Crippen LogP contribution in [-0.2, 0) is 11.4 Å². The zero-order chi connectivity index (χ0) is 19.8. The molecule has 3 nitrogen and oxygen atoms in total. The molecule has 0 radical (unpaired) electrons. The van der Waals surface area contributed by atoms with E-state index in [9.17, 15) is 4.79 Å². The van der Waals surface area contributed by atoms with Gasteiger partial charge in [-0.3, -0.25) is 4.79 Å². The van der Waals surface area contributed by atoms with Crippen LogP contribution in [0.5, 0.6) is 5.75 Å². The maximum absolute atomic E-state index is 13.6. The van der Waals surface area contributed by atoms with E-state index < -0.39 is 5.92 Å². The van der Waals surface area contributed by atoms with Crippen molar-refractivity contribution in [2.45, 2.75) is 40.2 Å². The van der Waals surface area contributed by atoms with E-state index in [0.29, 0.717) is 6.61 Å². The van der Waals surface area contributed by atoms with E-state index in [-0.39, 0.29) is 5.91 Å². The average molecular weight is 371 g/mol. The van der Waals surface area contributed by atoms with Crippen LogP contribution in [0.3, 0.4) is 0 Å². The normalized spacial score (nSPS) is 15.1. The van der Waals surface area contributed by atoms with E-state index in [2.05, 4.69) is 30.4 Å². The molecule has 0 spiro atoms. The lowest BCUT2D eigenvalue weighted by atomic mass is 9.87. The fourth-order valence-corrected chi connectivity index (χ4v) is 4.15. The Labute approximate surface area is 166 Å². The van der Waals surface area contributed by atoms with Gasteiger partial charge >= 0.3 is 0 Å². The molecule has 1 unspecified atom stereocenters. The predicted octanol–water partition coefficient (Wildman–Crippen LogP) is 5.58. The number of carbonyl (C=O) groups is 1. The third kappa shape index (κ3) is 3.29. The van der Waals surface area contributed by atoms with Gasteiger partial charge in [0.15, 0.2) is 0 Å². The first-order valence-electron chi connectivity index (χ1n) is 9.64. The van der Waals surface area contributed by atoms with E-state index in [1.54, 1.807) is 0 Å². The third-order valence-electron chi connectivity index (χ3n) is 5.41. The van der Waals surface area contributed by atoms with Crippen molar-refractivity contribution in [2.75, 3.05) is 5.32 Å². The van der Waals surface area contributed by atoms with E-state index in [0.717, 1.165) is 44.8 Å². The molecule has 0 aromatic heterocycles. The summed E-state index contributed by atoms with van der Waals surface area (Å²) in [5.41, 5.74) is 8.34. The maximum Gasteiger partial charge on any atom is 0.236 e. The van der Waals surface area contributed by atoms with Gasteiger partial charge in [0.25, 0.3) is 0 Å². The highest BCUT2D eigenvalue weighted by atomic mass is 16.5. The summed E-state index contributed by atoms with van der Waals surface area (Å²) in [6.45, 7) is 8.66. The predicted molar refractivity (Wildman–Crippen MR) is 113 cm³/mol. The van der Waals surface area contributed by atoms with Crippen molar-refractivity contribution < 1.29 is 9.53 Å². The van der Waals surface area contributed by atoms with E-state index in [4.69, 9.17) is 4.74 Å². The largest absolute Gasteiger partial charge is 0.489 e. The third-order valence-corrected chi connectivity index (χ3v) is 5.41. The van der Waals surface area contributed by atoms with Gasteiger partial charge in [-0.25, -0.2) is 0 Å². The summed E-state index contributed by atoms with van der Waals surface area (Å²) in [5, 5.41) is 3.21. The standard InChI is InChI=1S/C25H25NO2/c1-15-9-10-22-21(13-15)23(20-8-6-5-7-19(20)14-28-22)25(27)26-24-17(3)11-16(2)12-18(24)4/h5-13,23H,14H2,1-4H3,(H,26,27). The number of hydrogen-bond acceptors (Lipinski definition) is 2. The molecule has 3 aromatic rings. The Kier molecular flexibility index (Phi) is 4.68. The summed E-state index contributed by atoms with van der Waals surface area (Å²) in [7, 11) is 0. The van der Waals surface area contributed by atoms with E-state index >= 15 is 0 Å². The molecule has 3 heteroatoms. The first-order chi connectivity index (χ1) is 13.4. The number of anilines is 1. The van der Waals surface area contributed by atoms with E-state index in [1.165, 1.54) is 5.56 Å². The molecule has 1 N–H and O–H groups in total. The molecule has 0 fully saturated rings. The number of benzene rings is 3. The number of rotatable bonds is 2. The molecule has 3 aromatic carbocycles. The summed E-state index contributed by atoms with van der Waals surface area (Å²) in [6.07, 6.45) is 0. The van der Waals surface area contributed by atoms with Crippen LogP contribution in [-0.4, -0.2) is 5.91 Å². The molecule has 0 aliphatic carbocycles. The van der Waals surface area contributed by atoms with Crippen molar-refractivity contribution in [1.29, 1.82) is 0 Å². The molecule has 1 heterocycles. The van der Waals surface area contributed by atoms with E-state index in [1.807, 2.05) is 57.2 Å². The fourth-order valence-electron chi connectivity index (χ4n) is 4.15. The zero-order valence-electron chi connectivity index (χ0n) is 16.8. The smallest absolute Gasteiger partial charge is 0.236 e. The Hall–Kier alpha value is -3.07. The Morgan fingerprint density at radius 1 is 0.893 bits per heavy atom. The van der Waals surface area contributed by atoms with Crippen molar-refractivity contribution in [3.05, 3.63) is 93.5 Å². The van der Waals surface area contributed by atoms with Gasteiger partial charge in [-0.05, 0) is 56.0 Å². The second-order valence-corrected chi connectivity index (χ2v) is 7.72. The second-order valence-electron chi connectivity index (χ2n) is 7.72. The van der Waals surface area contributed by atoms with Gasteiger partial charge in [0.05, 0.1) is 5.92 Å². The number of fused-ring (bicyclic) bond motifs is 2. The van der Waals surface area contributed by atoms with Crippen molar-refractivity contribution in [2.24, 2.45) is 0 Å². The lowest BCUT2D eigenvalue weighted by Crippen LogP contribution is -2.23. The molecular formula is C25H25NO2. The summed E-state index contributed by atoms with van der Waals surface area (Å²) >= 11 is 0. The van der Waals surface area contributed by atoms with Crippen LogP contribution in [0.1, 0.15) is 44.9 Å². The number of ether oxygens (including phenoxy) is 1. The van der Waals surface area contributed by atoms with Crippen LogP contribution in [0.4, 0.5) is 5.69 Å². The minimum absolute atomic E-state index is 0.0279. The Bertz CT molecular complexity index is 1040. The van der Waals surface area contributed by atoms with Gasteiger partial charge in [0.2, 0.25) is 5.91 Å². The Morgan fingerprint density at radius 2 is 1.61 bits per heavy atom. The number of amides is 1. The van der Waals surface area contributed by atoms with Crippen LogP contribution in [0, 0.1) is 27.7 Å². The highest BCUT2D eigenvalue weighted by Crippen LogP contribution is 2.39. The molecule has 1 aliphatic heterocycles. The van der Waals surface area contributed by atoms with Gasteiger partial charge in [-0.2, -0.15) is 0 Å². The second kappa shape index (κ2) is 7.16.